The molecule has 2 aromatic rings. The first-order valence-electron chi connectivity index (χ1n) is 9.29. The fourth-order valence-corrected chi connectivity index (χ4v) is 2.48. The lowest BCUT2D eigenvalue weighted by Gasteiger charge is -2.13. The van der Waals surface area contributed by atoms with Crippen molar-refractivity contribution in [2.45, 2.75) is 19.9 Å². The number of aliphatic imine (C=N–C) groups is 1. The molecule has 7 heteroatoms. The molecule has 0 bridgehead atoms. The zero-order valence-electron chi connectivity index (χ0n) is 16.7. The molecule has 0 atom stereocenters. The van der Waals surface area contributed by atoms with Gasteiger partial charge in [-0.25, -0.2) is 4.99 Å². The van der Waals surface area contributed by atoms with Crippen LogP contribution in [0.25, 0.3) is 0 Å². The molecule has 0 fully saturated rings. The van der Waals surface area contributed by atoms with Crippen molar-refractivity contribution >= 4 is 11.6 Å². The van der Waals surface area contributed by atoms with Crippen molar-refractivity contribution in [3.05, 3.63) is 48.0 Å². The van der Waals surface area contributed by atoms with Gasteiger partial charge in [-0.1, -0.05) is 6.07 Å². The molecule has 2 rings (SSSR count). The molecular formula is C21H29N3O4. The van der Waals surface area contributed by atoms with Gasteiger partial charge in [0, 0.05) is 44.0 Å². The predicted molar refractivity (Wildman–Crippen MR) is 112 cm³/mol. The zero-order chi connectivity index (χ0) is 20.2. The summed E-state index contributed by atoms with van der Waals surface area (Å²) in [4.78, 5) is 4.55. The Morgan fingerprint density at radius 3 is 2.68 bits per heavy atom. The second-order valence-electron chi connectivity index (χ2n) is 6.04. The average molecular weight is 387 g/mol. The minimum absolute atomic E-state index is 0.187. The van der Waals surface area contributed by atoms with E-state index in [0.717, 1.165) is 17.9 Å². The first-order chi connectivity index (χ1) is 13.7. The van der Waals surface area contributed by atoms with Gasteiger partial charge in [-0.3, -0.25) is 0 Å². The summed E-state index contributed by atoms with van der Waals surface area (Å²) in [6, 6.07) is 12.8. The van der Waals surface area contributed by atoms with Crippen LogP contribution in [0, 0.1) is 0 Å². The Balaban J connectivity index is 2.05. The van der Waals surface area contributed by atoms with E-state index in [1.54, 1.807) is 32.4 Å². The summed E-state index contributed by atoms with van der Waals surface area (Å²) < 4.78 is 16.0. The number of benzene rings is 2. The first kappa shape index (κ1) is 21.4. The Labute approximate surface area is 166 Å². The largest absolute Gasteiger partial charge is 0.508 e. The van der Waals surface area contributed by atoms with Gasteiger partial charge in [-0.05, 0) is 37.3 Å². The van der Waals surface area contributed by atoms with Gasteiger partial charge in [-0.2, -0.15) is 0 Å². The summed E-state index contributed by atoms with van der Waals surface area (Å²) in [6.45, 7) is 4.29. The van der Waals surface area contributed by atoms with E-state index >= 15 is 0 Å². The number of rotatable bonds is 10. The topological polar surface area (TPSA) is 84.3 Å². The highest BCUT2D eigenvalue weighted by Crippen LogP contribution is 2.23. The molecule has 7 nitrogen and oxygen atoms in total. The second kappa shape index (κ2) is 11.7. The number of guanidine groups is 1. The van der Waals surface area contributed by atoms with Crippen LogP contribution in [0.4, 0.5) is 5.69 Å². The molecule has 0 saturated carbocycles. The van der Waals surface area contributed by atoms with Crippen LogP contribution in [-0.4, -0.2) is 45.0 Å². The molecule has 0 saturated heterocycles. The van der Waals surface area contributed by atoms with E-state index in [4.69, 9.17) is 14.2 Å². The Hall–Kier alpha value is -2.93. The molecule has 0 radical (unpaired) electrons. The van der Waals surface area contributed by atoms with E-state index in [1.807, 2.05) is 31.2 Å². The van der Waals surface area contributed by atoms with Crippen LogP contribution >= 0.6 is 0 Å². The van der Waals surface area contributed by atoms with Crippen LogP contribution in [0.3, 0.4) is 0 Å². The van der Waals surface area contributed by atoms with Crippen molar-refractivity contribution in [2.24, 2.45) is 4.99 Å². The van der Waals surface area contributed by atoms with Crippen LogP contribution < -0.4 is 20.1 Å². The second-order valence-corrected chi connectivity index (χ2v) is 6.04. The van der Waals surface area contributed by atoms with Crippen LogP contribution in [-0.2, 0) is 11.3 Å². The van der Waals surface area contributed by atoms with Crippen molar-refractivity contribution in [1.29, 1.82) is 0 Å². The van der Waals surface area contributed by atoms with Gasteiger partial charge >= 0.3 is 0 Å². The van der Waals surface area contributed by atoms with Gasteiger partial charge in [0.15, 0.2) is 5.96 Å². The number of nitrogens with zero attached hydrogens (tertiary/aromatic N) is 1. The third-order valence-corrected chi connectivity index (χ3v) is 3.90. The molecule has 152 valence electrons. The van der Waals surface area contributed by atoms with E-state index in [2.05, 4.69) is 15.6 Å². The van der Waals surface area contributed by atoms with E-state index < -0.39 is 0 Å². The van der Waals surface area contributed by atoms with Crippen LogP contribution in [0.1, 0.15) is 18.9 Å². The monoisotopic (exact) mass is 387 g/mol. The molecular weight excluding hydrogens is 358 g/mol. The van der Waals surface area contributed by atoms with E-state index in [-0.39, 0.29) is 5.75 Å². The number of anilines is 1. The lowest BCUT2D eigenvalue weighted by Crippen LogP contribution is -2.30. The summed E-state index contributed by atoms with van der Waals surface area (Å²) in [5.74, 6) is 2.26. The number of nitrogens with one attached hydrogen (secondary N) is 2. The van der Waals surface area contributed by atoms with Crippen LogP contribution in [0.15, 0.2) is 47.5 Å². The Morgan fingerprint density at radius 1 is 1.07 bits per heavy atom. The van der Waals surface area contributed by atoms with Crippen molar-refractivity contribution in [1.82, 2.24) is 5.32 Å². The van der Waals surface area contributed by atoms with E-state index in [0.29, 0.717) is 43.6 Å². The van der Waals surface area contributed by atoms with Gasteiger partial charge in [0.1, 0.15) is 17.2 Å². The van der Waals surface area contributed by atoms with E-state index in [1.165, 1.54) is 0 Å². The highest BCUT2D eigenvalue weighted by Gasteiger charge is 2.05. The summed E-state index contributed by atoms with van der Waals surface area (Å²) in [5, 5.41) is 16.5. The Kier molecular flexibility index (Phi) is 8.94. The minimum atomic E-state index is 0.187. The molecule has 2 aromatic carbocycles. The smallest absolute Gasteiger partial charge is 0.196 e. The summed E-state index contributed by atoms with van der Waals surface area (Å²) >= 11 is 0. The van der Waals surface area contributed by atoms with E-state index in [9.17, 15) is 5.11 Å². The van der Waals surface area contributed by atoms with Gasteiger partial charge in [0.2, 0.25) is 0 Å². The third kappa shape index (κ3) is 7.00. The Morgan fingerprint density at radius 2 is 1.93 bits per heavy atom. The molecule has 0 heterocycles. The molecule has 0 amide bonds. The number of ether oxygens (including phenoxy) is 3. The maximum atomic E-state index is 10.0. The average Bonchev–Trinajstić information content (AvgIpc) is 2.71. The number of methoxy groups -OCH3 is 2. The van der Waals surface area contributed by atoms with Gasteiger partial charge in [0.05, 0.1) is 20.3 Å². The number of phenols is 1. The summed E-state index contributed by atoms with van der Waals surface area (Å²) in [5.41, 5.74) is 1.55. The molecule has 0 aliphatic rings. The molecule has 0 aliphatic heterocycles. The molecule has 0 aromatic heterocycles. The molecule has 28 heavy (non-hydrogen) atoms. The van der Waals surface area contributed by atoms with Gasteiger partial charge in [0.25, 0.3) is 0 Å². The first-order valence-corrected chi connectivity index (χ1v) is 9.29. The Bertz CT molecular complexity index is 765. The van der Waals surface area contributed by atoms with Crippen LogP contribution in [0.5, 0.6) is 17.2 Å². The summed E-state index contributed by atoms with van der Waals surface area (Å²) in [7, 11) is 3.27. The fourth-order valence-electron chi connectivity index (χ4n) is 2.48. The van der Waals surface area contributed by atoms with Crippen LogP contribution in [0.2, 0.25) is 0 Å². The summed E-state index contributed by atoms with van der Waals surface area (Å²) in [6.07, 6.45) is 0.836. The predicted octanol–water partition coefficient (Wildman–Crippen LogP) is 3.39. The fraction of sp³-hybridized carbons (Fsp3) is 0.381. The quantitative estimate of drug-likeness (QED) is 0.329. The molecule has 3 N–H and O–H groups in total. The number of phenolic OH excluding ortho intramolecular Hbond substituents is 1. The number of aromatic hydroxyl groups is 1. The standard InChI is InChI=1S/C21H29N3O4/c1-4-22-21(23-15-16-13-18(27-3)9-10-20(16)25)24-17-7-5-8-19(14-17)28-12-6-11-26-2/h5,7-10,13-14,25H,4,6,11-12,15H2,1-3H3,(H2,22,23,24). The molecule has 0 aliphatic carbocycles. The van der Waals surface area contributed by atoms with Crippen molar-refractivity contribution in [3.63, 3.8) is 0 Å². The zero-order valence-corrected chi connectivity index (χ0v) is 16.7. The van der Waals surface area contributed by atoms with Crippen molar-refractivity contribution in [3.8, 4) is 17.2 Å². The number of hydrogen-bond acceptors (Lipinski definition) is 5. The lowest BCUT2D eigenvalue weighted by atomic mass is 10.2. The maximum Gasteiger partial charge on any atom is 0.196 e. The van der Waals surface area contributed by atoms with Crippen molar-refractivity contribution in [2.75, 3.05) is 39.3 Å². The lowest BCUT2D eigenvalue weighted by molar-refractivity contribution is 0.172. The van der Waals surface area contributed by atoms with Gasteiger partial charge < -0.3 is 30.0 Å². The normalized spacial score (nSPS) is 11.2. The highest BCUT2D eigenvalue weighted by molar-refractivity contribution is 5.93. The highest BCUT2D eigenvalue weighted by atomic mass is 16.5. The number of hydrogen-bond donors (Lipinski definition) is 3. The minimum Gasteiger partial charge on any atom is -0.508 e. The third-order valence-electron chi connectivity index (χ3n) is 3.90. The molecule has 0 unspecified atom stereocenters. The SMILES string of the molecule is CCNC(=NCc1cc(OC)ccc1O)Nc1cccc(OCCCOC)c1. The molecule has 0 spiro atoms. The maximum absolute atomic E-state index is 10.0. The van der Waals surface area contributed by atoms with Crippen molar-refractivity contribution < 1.29 is 19.3 Å². The van der Waals surface area contributed by atoms with Gasteiger partial charge in [-0.15, -0.1) is 0 Å².